The van der Waals surface area contributed by atoms with Crippen molar-refractivity contribution in [2.24, 2.45) is 5.92 Å². The van der Waals surface area contributed by atoms with E-state index in [2.05, 4.69) is 13.8 Å². The molecule has 0 aromatic rings. The van der Waals surface area contributed by atoms with E-state index in [1.165, 1.54) is 0 Å². The Morgan fingerprint density at radius 3 is 1.08 bits per heavy atom. The topological polar surface area (TPSA) is 176 Å². The van der Waals surface area contributed by atoms with Crippen LogP contribution in [0.2, 0.25) is 0 Å². The molecule has 0 rings (SSSR count). The molecule has 5 N–H and O–H groups in total. The van der Waals surface area contributed by atoms with Crippen molar-refractivity contribution in [2.45, 2.75) is 20.3 Å². The molecule has 0 aliphatic rings. The van der Waals surface area contributed by atoms with Crippen molar-refractivity contribution < 1.29 is 44.7 Å². The zero-order valence-electron chi connectivity index (χ0n) is 15.0. The summed E-state index contributed by atoms with van der Waals surface area (Å²) in [5.74, 6) is -4.26. The molecule has 0 saturated carbocycles. The zero-order valence-corrected chi connectivity index (χ0v) is 15.0. The first kappa shape index (κ1) is 26.0. The van der Waals surface area contributed by atoms with Crippen molar-refractivity contribution in [3.05, 3.63) is 0 Å². The molecule has 11 nitrogen and oxygen atoms in total. The summed E-state index contributed by atoms with van der Waals surface area (Å²) in [6.45, 7) is 2.27. The Labute approximate surface area is 151 Å². The van der Waals surface area contributed by atoms with Crippen LogP contribution in [-0.2, 0) is 19.2 Å². The van der Waals surface area contributed by atoms with E-state index in [9.17, 15) is 19.2 Å². The Balaban J connectivity index is 0. The average Bonchev–Trinajstić information content (AvgIpc) is 2.42. The summed E-state index contributed by atoms with van der Waals surface area (Å²) in [5, 5.41) is 42.7. The number of aliphatic carboxylic acids is 4. The van der Waals surface area contributed by atoms with Gasteiger partial charge in [-0.25, -0.2) is 0 Å². The number of carboxylic acid groups (broad SMARTS) is 4. The number of hydrogen-bond donors (Lipinski definition) is 5. The number of carbonyl (C=O) groups is 4. The third kappa shape index (κ3) is 19.8. The van der Waals surface area contributed by atoms with Gasteiger partial charge in [0.25, 0.3) is 0 Å². The van der Waals surface area contributed by atoms with E-state index in [-0.39, 0.29) is 13.1 Å². The minimum Gasteiger partial charge on any atom is -0.480 e. The number of aliphatic hydroxyl groups excluding tert-OH is 1. The maximum atomic E-state index is 10.6. The van der Waals surface area contributed by atoms with Gasteiger partial charge >= 0.3 is 23.9 Å². The van der Waals surface area contributed by atoms with Crippen LogP contribution in [0.25, 0.3) is 0 Å². The average molecular weight is 380 g/mol. The van der Waals surface area contributed by atoms with Crippen molar-refractivity contribution in [2.75, 3.05) is 45.9 Å². The van der Waals surface area contributed by atoms with Crippen LogP contribution in [0.15, 0.2) is 0 Å². The third-order valence-electron chi connectivity index (χ3n) is 2.87. The second-order valence-corrected chi connectivity index (χ2v) is 5.90. The highest BCUT2D eigenvalue weighted by Gasteiger charge is 2.17. The van der Waals surface area contributed by atoms with Gasteiger partial charge in [0.2, 0.25) is 0 Å². The van der Waals surface area contributed by atoms with Gasteiger partial charge < -0.3 is 25.5 Å². The maximum Gasteiger partial charge on any atom is 0.317 e. The van der Waals surface area contributed by atoms with Crippen LogP contribution in [0.4, 0.5) is 0 Å². The van der Waals surface area contributed by atoms with Crippen LogP contribution in [0.3, 0.4) is 0 Å². The van der Waals surface area contributed by atoms with Gasteiger partial charge in [-0.15, -0.1) is 0 Å². The molecule has 0 spiro atoms. The van der Waals surface area contributed by atoms with Crippen LogP contribution in [-0.4, -0.2) is 105 Å². The fraction of sp³-hybridized carbons (Fsp3) is 0.733. The van der Waals surface area contributed by atoms with Crippen molar-refractivity contribution in [3.8, 4) is 0 Å². The van der Waals surface area contributed by atoms with E-state index in [1.807, 2.05) is 0 Å². The molecule has 0 atom stereocenters. The molecule has 0 aromatic carbocycles. The molecule has 0 unspecified atom stereocenters. The lowest BCUT2D eigenvalue weighted by atomic mass is 10.2. The number of aliphatic hydroxyl groups is 1. The maximum absolute atomic E-state index is 10.6. The molecule has 0 aromatic heterocycles. The predicted octanol–water partition coefficient (Wildman–Crippen LogP) is -1.05. The molecule has 0 radical (unpaired) electrons. The SMILES string of the molecule is CC(C)CCO.O=C(O)CN(CCN(CC(=O)O)CC(=O)O)CC(=O)O. The van der Waals surface area contributed by atoms with E-state index in [4.69, 9.17) is 25.5 Å². The molecular weight excluding hydrogens is 352 g/mol. The second-order valence-electron chi connectivity index (χ2n) is 5.90. The molecule has 0 aliphatic heterocycles. The fourth-order valence-corrected chi connectivity index (χ4v) is 1.73. The number of rotatable bonds is 13. The van der Waals surface area contributed by atoms with Gasteiger partial charge in [0, 0.05) is 19.7 Å². The van der Waals surface area contributed by atoms with Gasteiger partial charge in [-0.3, -0.25) is 29.0 Å². The quantitative estimate of drug-likeness (QED) is 0.263. The summed E-state index contributed by atoms with van der Waals surface area (Å²) in [5.41, 5.74) is 0. The Bertz CT molecular complexity index is 386. The van der Waals surface area contributed by atoms with Crippen LogP contribution in [0, 0.1) is 5.92 Å². The molecule has 0 bridgehead atoms. The largest absolute Gasteiger partial charge is 0.480 e. The van der Waals surface area contributed by atoms with Crippen molar-refractivity contribution in [1.29, 1.82) is 0 Å². The van der Waals surface area contributed by atoms with Gasteiger partial charge in [0.15, 0.2) is 0 Å². The van der Waals surface area contributed by atoms with Crippen LogP contribution >= 0.6 is 0 Å². The molecule has 0 amide bonds. The summed E-state index contributed by atoms with van der Waals surface area (Å²) in [4.78, 5) is 44.4. The number of nitrogens with zero attached hydrogens (tertiary/aromatic N) is 2. The minimum absolute atomic E-state index is 0.0703. The van der Waals surface area contributed by atoms with E-state index in [0.717, 1.165) is 16.2 Å². The Morgan fingerprint density at radius 1 is 0.692 bits per heavy atom. The molecule has 26 heavy (non-hydrogen) atoms. The van der Waals surface area contributed by atoms with Crippen LogP contribution in [0.5, 0.6) is 0 Å². The van der Waals surface area contributed by atoms with E-state index in [1.54, 1.807) is 0 Å². The van der Waals surface area contributed by atoms with Gasteiger partial charge in [-0.1, -0.05) is 13.8 Å². The third-order valence-corrected chi connectivity index (χ3v) is 2.87. The molecule has 152 valence electrons. The smallest absolute Gasteiger partial charge is 0.317 e. The Hall–Kier alpha value is -2.24. The summed E-state index contributed by atoms with van der Waals surface area (Å²) in [6.07, 6.45) is 0.931. The van der Waals surface area contributed by atoms with Gasteiger partial charge in [0.05, 0.1) is 26.2 Å². The molecule has 0 heterocycles. The summed E-state index contributed by atoms with van der Waals surface area (Å²) in [6, 6.07) is 0. The second kappa shape index (κ2) is 15.0. The van der Waals surface area contributed by atoms with E-state index < -0.39 is 50.1 Å². The Kier molecular flexibility index (Phi) is 15.0. The molecule has 0 saturated heterocycles. The highest BCUT2D eigenvalue weighted by molar-refractivity contribution is 5.73. The van der Waals surface area contributed by atoms with Gasteiger partial charge in [-0.2, -0.15) is 0 Å². The van der Waals surface area contributed by atoms with Gasteiger partial charge in [-0.05, 0) is 12.3 Å². The standard InChI is InChI=1S/C10H16N2O8.C5H12O/c13-7(14)3-11(4-8(15)16)1-2-12(5-9(17)18)6-10(19)20;1-5(2)3-4-6/h1-6H2,(H,13,14)(H,15,16)(H,17,18)(H,19,20);5-6H,3-4H2,1-2H3. The van der Waals surface area contributed by atoms with Crippen molar-refractivity contribution in [3.63, 3.8) is 0 Å². The number of hydrogen-bond acceptors (Lipinski definition) is 7. The molecule has 0 fully saturated rings. The summed E-state index contributed by atoms with van der Waals surface area (Å²) >= 11 is 0. The predicted molar refractivity (Wildman–Crippen MR) is 90.0 cm³/mol. The number of carboxylic acids is 4. The minimum atomic E-state index is -1.23. The van der Waals surface area contributed by atoms with Crippen molar-refractivity contribution >= 4 is 23.9 Å². The summed E-state index contributed by atoms with van der Waals surface area (Å²) < 4.78 is 0. The monoisotopic (exact) mass is 380 g/mol. The van der Waals surface area contributed by atoms with Crippen molar-refractivity contribution in [1.82, 2.24) is 9.80 Å². The molecular formula is C15H28N2O9. The molecule has 11 heteroatoms. The molecule has 0 aliphatic carbocycles. The highest BCUT2D eigenvalue weighted by Crippen LogP contribution is 1.95. The lowest BCUT2D eigenvalue weighted by molar-refractivity contribution is -0.145. The van der Waals surface area contributed by atoms with Gasteiger partial charge in [0.1, 0.15) is 0 Å². The van der Waals surface area contributed by atoms with E-state index >= 15 is 0 Å². The lowest BCUT2D eigenvalue weighted by Crippen LogP contribution is -2.43. The lowest BCUT2D eigenvalue weighted by Gasteiger charge is -2.23. The summed E-state index contributed by atoms with van der Waals surface area (Å²) in [7, 11) is 0. The first-order valence-corrected chi connectivity index (χ1v) is 7.90. The first-order valence-electron chi connectivity index (χ1n) is 7.90. The normalized spacial score (nSPS) is 10.5. The van der Waals surface area contributed by atoms with E-state index in [0.29, 0.717) is 12.5 Å². The Morgan fingerprint density at radius 2 is 0.962 bits per heavy atom. The highest BCUT2D eigenvalue weighted by atomic mass is 16.4. The first-order chi connectivity index (χ1) is 12.0. The zero-order chi connectivity index (χ0) is 20.7. The van der Waals surface area contributed by atoms with Crippen LogP contribution in [0.1, 0.15) is 20.3 Å². The van der Waals surface area contributed by atoms with Crippen LogP contribution < -0.4 is 0 Å². The fourth-order valence-electron chi connectivity index (χ4n) is 1.73.